The van der Waals surface area contributed by atoms with Crippen LogP contribution in [0.3, 0.4) is 0 Å². The lowest BCUT2D eigenvalue weighted by Crippen LogP contribution is -2.40. The summed E-state index contributed by atoms with van der Waals surface area (Å²) in [6.45, 7) is 18.6. The summed E-state index contributed by atoms with van der Waals surface area (Å²) in [5, 5.41) is 2.80. The topological polar surface area (TPSA) is 49.4 Å². The molecule has 24 heavy (non-hydrogen) atoms. The van der Waals surface area contributed by atoms with Gasteiger partial charge in [0.1, 0.15) is 5.78 Å². The van der Waals surface area contributed by atoms with Crippen molar-refractivity contribution in [2.45, 2.75) is 86.7 Å². The van der Waals surface area contributed by atoms with Crippen molar-refractivity contribution in [1.29, 1.82) is 0 Å². The van der Waals surface area contributed by atoms with Gasteiger partial charge < -0.3 is 10.2 Å². The lowest BCUT2D eigenvalue weighted by atomic mass is 9.88. The number of likely N-dealkylation sites (tertiary alicyclic amines) is 1. The van der Waals surface area contributed by atoms with E-state index in [1.165, 1.54) is 0 Å². The van der Waals surface area contributed by atoms with Crippen molar-refractivity contribution >= 4 is 11.7 Å². The van der Waals surface area contributed by atoms with Crippen LogP contribution in [0, 0.1) is 17.8 Å². The van der Waals surface area contributed by atoms with E-state index in [1.807, 2.05) is 27.7 Å². The summed E-state index contributed by atoms with van der Waals surface area (Å²) in [6.07, 6.45) is 2.92. The molecule has 4 nitrogen and oxygen atoms in total. The van der Waals surface area contributed by atoms with E-state index in [0.717, 1.165) is 32.4 Å². The van der Waals surface area contributed by atoms with Crippen LogP contribution < -0.4 is 5.32 Å². The summed E-state index contributed by atoms with van der Waals surface area (Å²) in [7, 11) is 0. The second kappa shape index (κ2) is 11.6. The number of carbonyl (C=O) groups excluding carboxylic acids is 2. The zero-order valence-corrected chi connectivity index (χ0v) is 17.2. The van der Waals surface area contributed by atoms with Gasteiger partial charge in [-0.1, -0.05) is 27.7 Å². The Bertz CT molecular complexity index is 368. The highest BCUT2D eigenvalue weighted by molar-refractivity contribution is 5.81. The predicted octanol–water partition coefficient (Wildman–Crippen LogP) is 3.89. The van der Waals surface area contributed by atoms with Crippen LogP contribution in [0.25, 0.3) is 0 Å². The van der Waals surface area contributed by atoms with Crippen molar-refractivity contribution in [2.75, 3.05) is 13.1 Å². The van der Waals surface area contributed by atoms with Crippen LogP contribution in [0.4, 0.5) is 0 Å². The van der Waals surface area contributed by atoms with Crippen molar-refractivity contribution in [3.05, 3.63) is 0 Å². The van der Waals surface area contributed by atoms with Gasteiger partial charge in [0.2, 0.25) is 5.91 Å². The second-order valence-corrected chi connectivity index (χ2v) is 8.29. The number of rotatable bonds is 6. The van der Waals surface area contributed by atoms with Crippen molar-refractivity contribution < 1.29 is 9.59 Å². The molecular formula is C20H40N2O2. The third-order valence-corrected chi connectivity index (χ3v) is 4.28. The van der Waals surface area contributed by atoms with Crippen molar-refractivity contribution in [1.82, 2.24) is 10.2 Å². The fourth-order valence-corrected chi connectivity index (χ4v) is 2.76. The van der Waals surface area contributed by atoms with Gasteiger partial charge in [0, 0.05) is 30.3 Å². The molecular weight excluding hydrogens is 300 g/mol. The third-order valence-electron chi connectivity index (χ3n) is 4.28. The molecule has 142 valence electrons. The maximum atomic E-state index is 11.9. The Morgan fingerprint density at radius 2 is 1.46 bits per heavy atom. The first kappa shape index (κ1) is 23.1. The van der Waals surface area contributed by atoms with Gasteiger partial charge in [-0.2, -0.15) is 0 Å². The van der Waals surface area contributed by atoms with Crippen LogP contribution in [0.2, 0.25) is 0 Å². The van der Waals surface area contributed by atoms with Gasteiger partial charge in [0.15, 0.2) is 0 Å². The molecule has 1 rings (SSSR count). The molecule has 0 bridgehead atoms. The Morgan fingerprint density at radius 1 is 0.958 bits per heavy atom. The number of hydrogen-bond donors (Lipinski definition) is 1. The van der Waals surface area contributed by atoms with Crippen molar-refractivity contribution in [2.24, 2.45) is 17.8 Å². The van der Waals surface area contributed by atoms with E-state index < -0.39 is 0 Å². The first-order valence-electron chi connectivity index (χ1n) is 9.61. The first-order valence-corrected chi connectivity index (χ1v) is 9.61. The quantitative estimate of drug-likeness (QED) is 0.798. The number of amides is 1. The molecule has 1 amide bonds. The normalized spacial score (nSPS) is 16.5. The van der Waals surface area contributed by atoms with Gasteiger partial charge in [0.25, 0.3) is 0 Å². The zero-order valence-electron chi connectivity index (χ0n) is 17.2. The fraction of sp³-hybridized carbons (Fsp3) is 0.900. The average Bonchev–Trinajstić information content (AvgIpc) is 2.46. The molecule has 1 N–H and O–H groups in total. The number of Topliss-reactive ketones (excluding diaryl/α,β-unsaturated/α-hetero) is 1. The van der Waals surface area contributed by atoms with Crippen LogP contribution in [0.1, 0.15) is 74.7 Å². The highest BCUT2D eigenvalue weighted by atomic mass is 16.2. The molecule has 1 fully saturated rings. The molecule has 0 atom stereocenters. The van der Waals surface area contributed by atoms with Gasteiger partial charge >= 0.3 is 0 Å². The largest absolute Gasteiger partial charge is 0.354 e. The standard InChI is InChI=1S/C13H25NO.C7H15NO/c1-10(2)9-13(15)12-5-7-14(8-6-12)11(3)4;1-5(2)7(9)8-6(3)4/h10-12H,5-9H2,1-4H3;5-6H,1-4H3,(H,8,9). The number of nitrogens with zero attached hydrogens (tertiary/aromatic N) is 1. The maximum absolute atomic E-state index is 11.9. The summed E-state index contributed by atoms with van der Waals surface area (Å²) in [4.78, 5) is 25.2. The molecule has 4 heteroatoms. The van der Waals surface area contributed by atoms with E-state index in [4.69, 9.17) is 0 Å². The minimum atomic E-state index is 0.104. The third kappa shape index (κ3) is 10.1. The van der Waals surface area contributed by atoms with Gasteiger partial charge in [-0.25, -0.2) is 0 Å². The second-order valence-electron chi connectivity index (χ2n) is 8.29. The highest BCUT2D eigenvalue weighted by Crippen LogP contribution is 2.22. The minimum Gasteiger partial charge on any atom is -0.354 e. The van der Waals surface area contributed by atoms with Crippen molar-refractivity contribution in [3.8, 4) is 0 Å². The van der Waals surface area contributed by atoms with Gasteiger partial charge in [-0.05, 0) is 59.5 Å². The van der Waals surface area contributed by atoms with Crippen LogP contribution in [0.15, 0.2) is 0 Å². The molecule has 0 aromatic heterocycles. The Hall–Kier alpha value is -0.900. The molecule has 0 radical (unpaired) electrons. The van der Waals surface area contributed by atoms with Crippen LogP contribution in [-0.4, -0.2) is 41.8 Å². The smallest absolute Gasteiger partial charge is 0.222 e. The number of hydrogen-bond acceptors (Lipinski definition) is 3. The Labute approximate surface area is 149 Å². The maximum Gasteiger partial charge on any atom is 0.222 e. The molecule has 0 spiro atoms. The van der Waals surface area contributed by atoms with Crippen LogP contribution >= 0.6 is 0 Å². The summed E-state index contributed by atoms with van der Waals surface area (Å²) in [5.41, 5.74) is 0. The number of piperidine rings is 1. The van der Waals surface area contributed by atoms with E-state index in [9.17, 15) is 9.59 Å². The molecule has 1 aliphatic heterocycles. The SMILES string of the molecule is CC(C)CC(=O)C1CCN(C(C)C)CC1.CC(C)NC(=O)C(C)C. The summed E-state index contributed by atoms with van der Waals surface area (Å²) in [5.74, 6) is 1.59. The number of nitrogens with one attached hydrogen (secondary N) is 1. The molecule has 0 aromatic rings. The van der Waals surface area contributed by atoms with Crippen LogP contribution in [0.5, 0.6) is 0 Å². The van der Waals surface area contributed by atoms with Crippen molar-refractivity contribution in [3.63, 3.8) is 0 Å². The predicted molar refractivity (Wildman–Crippen MR) is 102 cm³/mol. The van der Waals surface area contributed by atoms with Crippen LogP contribution in [-0.2, 0) is 9.59 Å². The molecule has 0 aliphatic carbocycles. The average molecular weight is 341 g/mol. The molecule has 0 saturated carbocycles. The van der Waals surface area contributed by atoms with E-state index >= 15 is 0 Å². The number of ketones is 1. The molecule has 0 aromatic carbocycles. The Kier molecular flexibility index (Phi) is 11.2. The minimum absolute atomic E-state index is 0.104. The highest BCUT2D eigenvalue weighted by Gasteiger charge is 2.25. The van der Waals surface area contributed by atoms with Gasteiger partial charge in [0.05, 0.1) is 0 Å². The molecule has 1 saturated heterocycles. The Morgan fingerprint density at radius 3 is 1.75 bits per heavy atom. The van der Waals surface area contributed by atoms with E-state index in [0.29, 0.717) is 23.7 Å². The fourth-order valence-electron chi connectivity index (χ4n) is 2.76. The first-order chi connectivity index (χ1) is 11.0. The molecule has 1 aliphatic rings. The summed E-state index contributed by atoms with van der Waals surface area (Å²) >= 11 is 0. The van der Waals surface area contributed by atoms with Gasteiger partial charge in [-0.15, -0.1) is 0 Å². The van der Waals surface area contributed by atoms with Gasteiger partial charge in [-0.3, -0.25) is 9.59 Å². The number of carbonyl (C=O) groups is 2. The lowest BCUT2D eigenvalue weighted by Gasteiger charge is -2.34. The summed E-state index contributed by atoms with van der Waals surface area (Å²) < 4.78 is 0. The molecule has 1 heterocycles. The lowest BCUT2D eigenvalue weighted by molar-refractivity contribution is -0.125. The summed E-state index contributed by atoms with van der Waals surface area (Å²) in [6, 6.07) is 0.894. The zero-order chi connectivity index (χ0) is 18.9. The monoisotopic (exact) mass is 340 g/mol. The van der Waals surface area contributed by atoms with E-state index in [1.54, 1.807) is 0 Å². The molecule has 0 unspecified atom stereocenters. The van der Waals surface area contributed by atoms with E-state index in [-0.39, 0.29) is 17.9 Å². The Balaban J connectivity index is 0.000000506. The van der Waals surface area contributed by atoms with E-state index in [2.05, 4.69) is 37.9 Å².